The summed E-state index contributed by atoms with van der Waals surface area (Å²) in [5.41, 5.74) is 0.917. The predicted octanol–water partition coefficient (Wildman–Crippen LogP) is 1.70. The van der Waals surface area contributed by atoms with Gasteiger partial charge in [0.25, 0.3) is 0 Å². The lowest BCUT2D eigenvalue weighted by Crippen LogP contribution is -2.14. The van der Waals surface area contributed by atoms with Crippen LogP contribution >= 0.6 is 15.9 Å². The maximum absolute atomic E-state index is 10.7. The number of aliphatic carboxylic acids is 1. The number of halogens is 1. The molecule has 1 aromatic heterocycles. The molecule has 72 valence electrons. The van der Waals surface area contributed by atoms with Crippen LogP contribution in [-0.4, -0.2) is 22.7 Å². The first-order valence-corrected chi connectivity index (χ1v) is 4.68. The molecule has 0 radical (unpaired) electrons. The Balaban J connectivity index is 2.47. The first kappa shape index (κ1) is 9.21. The second-order valence-electron chi connectivity index (χ2n) is 2.81. The van der Waals surface area contributed by atoms with Crippen LogP contribution in [0.1, 0.15) is 5.56 Å². The molecular formula is C9H6BrNO3. The molecular weight excluding hydrogens is 250 g/mol. The van der Waals surface area contributed by atoms with Crippen molar-refractivity contribution < 1.29 is 14.6 Å². The van der Waals surface area contributed by atoms with Gasteiger partial charge >= 0.3 is 5.97 Å². The molecule has 14 heavy (non-hydrogen) atoms. The van der Waals surface area contributed by atoms with Gasteiger partial charge in [-0.15, -0.1) is 0 Å². The van der Waals surface area contributed by atoms with Crippen molar-refractivity contribution in [1.82, 2.24) is 4.98 Å². The molecule has 0 fully saturated rings. The van der Waals surface area contributed by atoms with Gasteiger partial charge in [-0.25, -0.2) is 9.78 Å². The monoisotopic (exact) mass is 255 g/mol. The molecule has 5 heteroatoms. The van der Waals surface area contributed by atoms with Gasteiger partial charge in [-0.2, -0.15) is 0 Å². The number of carbonyl (C=O) groups is 1. The molecule has 0 unspecified atom stereocenters. The first-order chi connectivity index (χ1) is 6.66. The van der Waals surface area contributed by atoms with Gasteiger partial charge in [-0.1, -0.05) is 0 Å². The second-order valence-corrected chi connectivity index (χ2v) is 3.73. The minimum Gasteiger partial charge on any atom is -0.478 e. The summed E-state index contributed by atoms with van der Waals surface area (Å²) in [5, 5.41) is 8.75. The summed E-state index contributed by atoms with van der Waals surface area (Å²) in [5.74, 6) is -0.492. The number of aromatic nitrogens is 1. The molecule has 1 N–H and O–H groups in total. The van der Waals surface area contributed by atoms with E-state index >= 15 is 0 Å². The van der Waals surface area contributed by atoms with Crippen molar-refractivity contribution in [1.29, 1.82) is 0 Å². The van der Waals surface area contributed by atoms with E-state index in [4.69, 9.17) is 9.84 Å². The Kier molecular flexibility index (Phi) is 2.25. The van der Waals surface area contributed by atoms with Crippen LogP contribution in [0.5, 0.6) is 5.88 Å². The number of hydrogen-bond donors (Lipinski definition) is 1. The largest absolute Gasteiger partial charge is 0.478 e. The maximum Gasteiger partial charge on any atom is 0.335 e. The van der Waals surface area contributed by atoms with Crippen molar-refractivity contribution in [3.8, 4) is 5.88 Å². The van der Waals surface area contributed by atoms with Crippen LogP contribution in [0.3, 0.4) is 0 Å². The zero-order chi connectivity index (χ0) is 10.1. The third-order valence-corrected chi connectivity index (χ3v) is 2.25. The topological polar surface area (TPSA) is 59.4 Å². The van der Waals surface area contributed by atoms with Crippen LogP contribution < -0.4 is 4.74 Å². The van der Waals surface area contributed by atoms with Gasteiger partial charge in [-0.05, 0) is 28.1 Å². The standard InChI is InChI=1S/C9H6BrNO3/c10-7-2-5-1-6(9(12)13)4-14-8(5)11-3-7/h1-3H,4H2,(H,12,13). The normalized spacial score (nSPS) is 13.9. The molecule has 2 heterocycles. The zero-order valence-electron chi connectivity index (χ0n) is 7.03. The average molecular weight is 256 g/mol. The molecule has 0 aromatic carbocycles. The van der Waals surface area contributed by atoms with Crippen molar-refractivity contribution in [3.05, 3.63) is 27.9 Å². The van der Waals surface area contributed by atoms with Crippen LogP contribution in [0, 0.1) is 0 Å². The highest BCUT2D eigenvalue weighted by atomic mass is 79.9. The van der Waals surface area contributed by atoms with E-state index in [-0.39, 0.29) is 12.2 Å². The van der Waals surface area contributed by atoms with E-state index in [1.807, 2.05) is 0 Å². The van der Waals surface area contributed by atoms with Crippen LogP contribution in [-0.2, 0) is 4.79 Å². The van der Waals surface area contributed by atoms with Crippen molar-refractivity contribution >= 4 is 28.0 Å². The van der Waals surface area contributed by atoms with Crippen molar-refractivity contribution in [3.63, 3.8) is 0 Å². The number of rotatable bonds is 1. The Morgan fingerprint density at radius 2 is 2.43 bits per heavy atom. The van der Waals surface area contributed by atoms with Crippen molar-refractivity contribution in [2.45, 2.75) is 0 Å². The minimum absolute atomic E-state index is 0.0664. The van der Waals surface area contributed by atoms with E-state index in [2.05, 4.69) is 20.9 Å². The molecule has 2 rings (SSSR count). The fourth-order valence-corrected chi connectivity index (χ4v) is 1.51. The van der Waals surface area contributed by atoms with Crippen LogP contribution in [0.2, 0.25) is 0 Å². The number of nitrogens with zero attached hydrogens (tertiary/aromatic N) is 1. The quantitative estimate of drug-likeness (QED) is 0.830. The number of hydrogen-bond acceptors (Lipinski definition) is 3. The number of carboxylic acids is 1. The third kappa shape index (κ3) is 1.63. The molecule has 1 aliphatic rings. The van der Waals surface area contributed by atoms with E-state index in [9.17, 15) is 4.79 Å². The number of fused-ring (bicyclic) bond motifs is 1. The van der Waals surface area contributed by atoms with Gasteiger partial charge in [0.1, 0.15) is 6.61 Å². The van der Waals surface area contributed by atoms with Gasteiger partial charge in [0, 0.05) is 16.2 Å². The summed E-state index contributed by atoms with van der Waals surface area (Å²) in [4.78, 5) is 14.7. The summed E-state index contributed by atoms with van der Waals surface area (Å²) in [7, 11) is 0. The second kappa shape index (κ2) is 3.42. The molecule has 0 saturated carbocycles. The molecule has 0 atom stereocenters. The van der Waals surface area contributed by atoms with Gasteiger partial charge in [0.2, 0.25) is 5.88 Å². The number of carboxylic acid groups (broad SMARTS) is 1. The Bertz CT molecular complexity index is 428. The summed E-state index contributed by atoms with van der Waals surface area (Å²) in [6.45, 7) is 0.0664. The van der Waals surface area contributed by atoms with Gasteiger partial charge in [0.15, 0.2) is 0 Å². The fourth-order valence-electron chi connectivity index (χ4n) is 1.17. The molecule has 0 amide bonds. The Morgan fingerprint density at radius 1 is 1.64 bits per heavy atom. The predicted molar refractivity (Wildman–Crippen MR) is 53.0 cm³/mol. The third-order valence-electron chi connectivity index (χ3n) is 1.81. The van der Waals surface area contributed by atoms with E-state index in [1.165, 1.54) is 0 Å². The summed E-state index contributed by atoms with van der Waals surface area (Å²) >= 11 is 3.25. The van der Waals surface area contributed by atoms with Gasteiger partial charge in [-0.3, -0.25) is 0 Å². The van der Waals surface area contributed by atoms with Crippen LogP contribution in [0.15, 0.2) is 22.3 Å². The molecule has 0 bridgehead atoms. The van der Waals surface area contributed by atoms with Gasteiger partial charge in [0.05, 0.1) is 5.57 Å². The minimum atomic E-state index is -0.962. The molecule has 1 aromatic rings. The molecule has 4 nitrogen and oxygen atoms in total. The lowest BCUT2D eigenvalue weighted by atomic mass is 10.1. The van der Waals surface area contributed by atoms with Crippen molar-refractivity contribution in [2.24, 2.45) is 0 Å². The highest BCUT2D eigenvalue weighted by Crippen LogP contribution is 2.26. The summed E-state index contributed by atoms with van der Waals surface area (Å²) in [6, 6.07) is 1.77. The SMILES string of the molecule is O=C(O)C1=Cc2cc(Br)cnc2OC1. The Morgan fingerprint density at radius 3 is 3.14 bits per heavy atom. The summed E-state index contributed by atoms with van der Waals surface area (Å²) in [6.07, 6.45) is 3.18. The zero-order valence-corrected chi connectivity index (χ0v) is 8.61. The molecule has 0 spiro atoms. The Hall–Kier alpha value is -1.36. The van der Waals surface area contributed by atoms with E-state index in [0.717, 1.165) is 4.47 Å². The average Bonchev–Trinajstić information content (AvgIpc) is 2.16. The molecule has 1 aliphatic heterocycles. The lowest BCUT2D eigenvalue weighted by molar-refractivity contribution is -0.132. The van der Waals surface area contributed by atoms with Crippen LogP contribution in [0.4, 0.5) is 0 Å². The maximum atomic E-state index is 10.7. The first-order valence-electron chi connectivity index (χ1n) is 3.89. The highest BCUT2D eigenvalue weighted by molar-refractivity contribution is 9.10. The molecule has 0 aliphatic carbocycles. The highest BCUT2D eigenvalue weighted by Gasteiger charge is 2.17. The number of ether oxygens (including phenoxy) is 1. The lowest BCUT2D eigenvalue weighted by Gasteiger charge is -2.14. The van der Waals surface area contributed by atoms with Crippen molar-refractivity contribution in [2.75, 3.05) is 6.61 Å². The fraction of sp³-hybridized carbons (Fsp3) is 0.111. The number of pyridine rings is 1. The summed E-state index contributed by atoms with van der Waals surface area (Å²) < 4.78 is 5.97. The Labute approximate surface area is 88.4 Å². The van der Waals surface area contributed by atoms with Crippen LogP contribution in [0.25, 0.3) is 6.08 Å². The molecule has 0 saturated heterocycles. The van der Waals surface area contributed by atoms with E-state index in [1.54, 1.807) is 18.3 Å². The van der Waals surface area contributed by atoms with E-state index < -0.39 is 5.97 Å². The van der Waals surface area contributed by atoms with E-state index in [0.29, 0.717) is 11.4 Å². The smallest absolute Gasteiger partial charge is 0.335 e. The van der Waals surface area contributed by atoms with Gasteiger partial charge < -0.3 is 9.84 Å².